The molecular weight excluding hydrogens is 228 g/mol. The van der Waals surface area contributed by atoms with E-state index in [4.69, 9.17) is 0 Å². The lowest BCUT2D eigenvalue weighted by Crippen LogP contribution is -2.10. The molecule has 1 heterocycles. The number of hydrogen-bond acceptors (Lipinski definition) is 3. The van der Waals surface area contributed by atoms with Crippen molar-refractivity contribution in [2.75, 3.05) is 7.05 Å². The summed E-state index contributed by atoms with van der Waals surface area (Å²) in [5, 5.41) is 7.84. The SMILES string of the molecule is CNN=c1c2ccccc2sc2ccccc12. The van der Waals surface area contributed by atoms with Crippen molar-refractivity contribution in [3.8, 4) is 0 Å². The Hall–Kier alpha value is -1.87. The zero-order chi connectivity index (χ0) is 11.7. The Bertz CT molecular complexity index is 687. The highest BCUT2D eigenvalue weighted by Crippen LogP contribution is 2.23. The molecule has 0 saturated heterocycles. The van der Waals surface area contributed by atoms with E-state index in [0.717, 1.165) is 5.36 Å². The van der Waals surface area contributed by atoms with E-state index >= 15 is 0 Å². The van der Waals surface area contributed by atoms with E-state index in [1.165, 1.54) is 20.2 Å². The summed E-state index contributed by atoms with van der Waals surface area (Å²) >= 11 is 1.80. The Morgan fingerprint density at radius 2 is 1.41 bits per heavy atom. The molecule has 0 saturated carbocycles. The van der Waals surface area contributed by atoms with Crippen LogP contribution in [0.15, 0.2) is 53.6 Å². The third-order valence-electron chi connectivity index (χ3n) is 2.73. The molecule has 0 aliphatic rings. The van der Waals surface area contributed by atoms with Gasteiger partial charge in [0.15, 0.2) is 0 Å². The maximum atomic E-state index is 4.42. The maximum Gasteiger partial charge on any atom is 0.100 e. The van der Waals surface area contributed by atoms with Crippen LogP contribution in [0.3, 0.4) is 0 Å². The molecule has 0 fully saturated rings. The second-order valence-corrected chi connectivity index (χ2v) is 4.86. The third kappa shape index (κ3) is 1.68. The number of nitrogens with zero attached hydrogens (tertiary/aromatic N) is 1. The molecule has 2 nitrogen and oxygen atoms in total. The quantitative estimate of drug-likeness (QED) is 0.513. The molecule has 17 heavy (non-hydrogen) atoms. The van der Waals surface area contributed by atoms with Gasteiger partial charge in [0.25, 0.3) is 0 Å². The van der Waals surface area contributed by atoms with Crippen molar-refractivity contribution in [3.63, 3.8) is 0 Å². The molecule has 84 valence electrons. The number of rotatable bonds is 1. The molecule has 2 aromatic carbocycles. The van der Waals surface area contributed by atoms with Crippen molar-refractivity contribution in [3.05, 3.63) is 53.9 Å². The molecule has 0 aliphatic carbocycles. The minimum absolute atomic E-state index is 1.03. The lowest BCUT2D eigenvalue weighted by molar-refractivity contribution is 0.867. The van der Waals surface area contributed by atoms with E-state index < -0.39 is 0 Å². The molecule has 0 unspecified atom stereocenters. The second-order valence-electron chi connectivity index (χ2n) is 3.78. The Kier molecular flexibility index (Phi) is 2.53. The van der Waals surface area contributed by atoms with Crippen LogP contribution in [0.5, 0.6) is 0 Å². The van der Waals surface area contributed by atoms with Crippen molar-refractivity contribution < 1.29 is 0 Å². The van der Waals surface area contributed by atoms with Crippen LogP contribution in [0.25, 0.3) is 20.2 Å². The van der Waals surface area contributed by atoms with Crippen molar-refractivity contribution >= 4 is 31.5 Å². The summed E-state index contributed by atoms with van der Waals surface area (Å²) in [5.74, 6) is 0. The van der Waals surface area contributed by atoms with E-state index in [1.807, 2.05) is 7.05 Å². The van der Waals surface area contributed by atoms with Crippen LogP contribution in [0.2, 0.25) is 0 Å². The molecule has 0 aliphatic heterocycles. The van der Waals surface area contributed by atoms with Crippen LogP contribution in [-0.4, -0.2) is 7.05 Å². The molecule has 0 amide bonds. The first-order valence-corrected chi connectivity index (χ1v) is 6.33. The van der Waals surface area contributed by atoms with Crippen LogP contribution in [0.1, 0.15) is 0 Å². The summed E-state index contributed by atoms with van der Waals surface area (Å²) in [7, 11) is 1.83. The highest BCUT2D eigenvalue weighted by atomic mass is 32.1. The first kappa shape index (κ1) is 10.3. The van der Waals surface area contributed by atoms with E-state index in [9.17, 15) is 0 Å². The fourth-order valence-electron chi connectivity index (χ4n) is 2.00. The van der Waals surface area contributed by atoms with Crippen LogP contribution >= 0.6 is 11.3 Å². The van der Waals surface area contributed by atoms with Gasteiger partial charge in [0.1, 0.15) is 5.36 Å². The normalized spacial score (nSPS) is 10.6. The van der Waals surface area contributed by atoms with Crippen molar-refractivity contribution in [2.24, 2.45) is 5.10 Å². The Balaban J connectivity index is 2.61. The van der Waals surface area contributed by atoms with Gasteiger partial charge in [-0.25, -0.2) is 0 Å². The van der Waals surface area contributed by atoms with E-state index in [2.05, 4.69) is 59.1 Å². The maximum absolute atomic E-state index is 4.42. The Morgan fingerprint density at radius 3 is 1.94 bits per heavy atom. The van der Waals surface area contributed by atoms with E-state index in [0.29, 0.717) is 0 Å². The molecule has 0 bridgehead atoms. The van der Waals surface area contributed by atoms with Crippen molar-refractivity contribution in [2.45, 2.75) is 0 Å². The minimum atomic E-state index is 1.03. The predicted molar refractivity (Wildman–Crippen MR) is 74.0 cm³/mol. The molecule has 0 spiro atoms. The fourth-order valence-corrected chi connectivity index (χ4v) is 3.08. The van der Waals surface area contributed by atoms with Crippen molar-refractivity contribution in [1.82, 2.24) is 5.43 Å². The molecule has 1 aromatic heterocycles. The summed E-state index contributed by atoms with van der Waals surface area (Å²) in [6.07, 6.45) is 0. The highest BCUT2D eigenvalue weighted by Gasteiger charge is 2.02. The van der Waals surface area contributed by atoms with E-state index in [1.54, 1.807) is 11.3 Å². The highest BCUT2D eigenvalue weighted by molar-refractivity contribution is 7.24. The number of fused-ring (bicyclic) bond motifs is 2. The van der Waals surface area contributed by atoms with Crippen LogP contribution in [-0.2, 0) is 0 Å². The molecule has 3 rings (SSSR count). The van der Waals surface area contributed by atoms with Crippen LogP contribution < -0.4 is 10.8 Å². The standard InChI is InChI=1S/C14H12N2S/c1-15-16-14-10-6-2-4-8-12(10)17-13-9-5-3-7-11(13)14/h2-9,15H,1H3. The zero-order valence-electron chi connectivity index (χ0n) is 9.47. The van der Waals surface area contributed by atoms with Gasteiger partial charge in [0.05, 0.1) is 0 Å². The fraction of sp³-hybridized carbons (Fsp3) is 0.0714. The number of benzene rings is 2. The monoisotopic (exact) mass is 240 g/mol. The van der Waals surface area contributed by atoms with Crippen LogP contribution in [0.4, 0.5) is 0 Å². The molecule has 3 heteroatoms. The Morgan fingerprint density at radius 1 is 0.882 bits per heavy atom. The van der Waals surface area contributed by atoms with Gasteiger partial charge in [-0.2, -0.15) is 5.10 Å². The molecule has 1 N–H and O–H groups in total. The van der Waals surface area contributed by atoms with E-state index in [-0.39, 0.29) is 0 Å². The van der Waals surface area contributed by atoms with Gasteiger partial charge in [0.2, 0.25) is 0 Å². The number of hydrogen-bond donors (Lipinski definition) is 1. The molecular formula is C14H12N2S. The molecule has 0 radical (unpaired) electrons. The van der Waals surface area contributed by atoms with Gasteiger partial charge < -0.3 is 5.43 Å². The first-order valence-electron chi connectivity index (χ1n) is 5.51. The minimum Gasteiger partial charge on any atom is -0.313 e. The lowest BCUT2D eigenvalue weighted by atomic mass is 10.2. The van der Waals surface area contributed by atoms with Crippen LogP contribution in [0, 0.1) is 0 Å². The Labute approximate surface area is 103 Å². The second kappa shape index (κ2) is 4.18. The third-order valence-corrected chi connectivity index (χ3v) is 3.88. The van der Waals surface area contributed by atoms with Gasteiger partial charge in [-0.3, -0.25) is 0 Å². The smallest absolute Gasteiger partial charge is 0.100 e. The summed E-state index contributed by atoms with van der Waals surface area (Å²) in [4.78, 5) is 0. The van der Waals surface area contributed by atoms with Gasteiger partial charge in [0, 0.05) is 27.2 Å². The van der Waals surface area contributed by atoms with Crippen molar-refractivity contribution in [1.29, 1.82) is 0 Å². The summed E-state index contributed by atoms with van der Waals surface area (Å²) in [5.41, 5.74) is 2.90. The molecule has 0 atom stereocenters. The topological polar surface area (TPSA) is 24.4 Å². The summed E-state index contributed by atoms with van der Waals surface area (Å²) < 4.78 is 2.53. The first-order chi connectivity index (χ1) is 8.40. The average Bonchev–Trinajstić information content (AvgIpc) is 2.39. The van der Waals surface area contributed by atoms with Gasteiger partial charge in [-0.15, -0.1) is 11.3 Å². The van der Waals surface area contributed by atoms with Gasteiger partial charge >= 0.3 is 0 Å². The summed E-state index contributed by atoms with van der Waals surface area (Å²) in [6, 6.07) is 16.8. The lowest BCUT2D eigenvalue weighted by Gasteiger charge is -2.02. The zero-order valence-corrected chi connectivity index (χ0v) is 10.3. The average molecular weight is 240 g/mol. The summed E-state index contributed by atoms with van der Waals surface area (Å²) in [6.45, 7) is 0. The van der Waals surface area contributed by atoms with Gasteiger partial charge in [-0.1, -0.05) is 36.4 Å². The largest absolute Gasteiger partial charge is 0.313 e. The van der Waals surface area contributed by atoms with Gasteiger partial charge in [-0.05, 0) is 12.1 Å². The number of nitrogens with one attached hydrogen (secondary N) is 1. The molecule has 3 aromatic rings. The predicted octanol–water partition coefficient (Wildman–Crippen LogP) is 3.09.